The number of nitrogens with zero attached hydrogens (tertiary/aromatic N) is 1. The van der Waals surface area contributed by atoms with Gasteiger partial charge in [-0.25, -0.2) is 0 Å². The fourth-order valence-electron chi connectivity index (χ4n) is 1.50. The van der Waals surface area contributed by atoms with Gasteiger partial charge in [-0.05, 0) is 43.8 Å². The monoisotopic (exact) mass is 238 g/mol. The minimum Gasteiger partial charge on any atom is -0.335 e. The Morgan fingerprint density at radius 2 is 2.07 bits per heavy atom. The fraction of sp³-hybridized carbons (Fsp3) is 0.182. The van der Waals surface area contributed by atoms with E-state index in [0.29, 0.717) is 9.79 Å². The summed E-state index contributed by atoms with van der Waals surface area (Å²) in [6, 6.07) is 5.89. The largest absolute Gasteiger partial charge is 0.335 e. The van der Waals surface area contributed by atoms with E-state index in [-0.39, 0.29) is 0 Å². The summed E-state index contributed by atoms with van der Waals surface area (Å²) >= 11 is 11.3. The van der Waals surface area contributed by atoms with E-state index in [4.69, 9.17) is 23.8 Å². The maximum atomic E-state index is 6.13. The topological polar surface area (TPSA) is 20.7 Å². The summed E-state index contributed by atoms with van der Waals surface area (Å²) in [5.74, 6) is 0. The molecule has 0 bridgehead atoms. The first-order valence-electron chi connectivity index (χ1n) is 4.63. The predicted octanol–water partition coefficient (Wildman–Crippen LogP) is 3.81. The van der Waals surface area contributed by atoms with Gasteiger partial charge in [0.1, 0.15) is 0 Å². The van der Waals surface area contributed by atoms with E-state index in [9.17, 15) is 0 Å². The van der Waals surface area contributed by atoms with Crippen LogP contribution in [0.25, 0.3) is 5.69 Å². The highest BCUT2D eigenvalue weighted by Crippen LogP contribution is 2.22. The number of imidazole rings is 1. The molecule has 1 aromatic heterocycles. The first-order valence-corrected chi connectivity index (χ1v) is 5.41. The van der Waals surface area contributed by atoms with E-state index in [2.05, 4.69) is 4.98 Å². The molecule has 0 spiro atoms. The van der Waals surface area contributed by atoms with Gasteiger partial charge in [0.15, 0.2) is 4.77 Å². The van der Waals surface area contributed by atoms with Crippen molar-refractivity contribution in [2.45, 2.75) is 13.8 Å². The van der Waals surface area contributed by atoms with Gasteiger partial charge in [-0.2, -0.15) is 0 Å². The maximum Gasteiger partial charge on any atom is 0.182 e. The molecule has 2 rings (SSSR count). The summed E-state index contributed by atoms with van der Waals surface area (Å²) in [6.45, 7) is 4.00. The quantitative estimate of drug-likeness (QED) is 0.750. The average molecular weight is 239 g/mol. The molecule has 4 heteroatoms. The summed E-state index contributed by atoms with van der Waals surface area (Å²) < 4.78 is 2.56. The molecule has 0 atom stereocenters. The number of hydrogen-bond acceptors (Lipinski definition) is 1. The number of aromatic amines is 1. The highest BCUT2D eigenvalue weighted by molar-refractivity contribution is 7.71. The van der Waals surface area contributed by atoms with Gasteiger partial charge in [0.2, 0.25) is 0 Å². The Balaban J connectivity index is 2.68. The minimum absolute atomic E-state index is 0.667. The van der Waals surface area contributed by atoms with Gasteiger partial charge in [-0.1, -0.05) is 17.7 Å². The fourth-order valence-corrected chi connectivity index (χ4v) is 2.02. The first-order chi connectivity index (χ1) is 7.08. The van der Waals surface area contributed by atoms with Crippen LogP contribution < -0.4 is 0 Å². The van der Waals surface area contributed by atoms with Gasteiger partial charge in [-0.3, -0.25) is 4.57 Å². The van der Waals surface area contributed by atoms with Crippen LogP contribution >= 0.6 is 23.8 Å². The van der Waals surface area contributed by atoms with Gasteiger partial charge >= 0.3 is 0 Å². The summed E-state index contributed by atoms with van der Waals surface area (Å²) in [5.41, 5.74) is 3.11. The third-order valence-electron chi connectivity index (χ3n) is 2.21. The molecule has 0 amide bonds. The summed E-state index contributed by atoms with van der Waals surface area (Å²) in [7, 11) is 0. The maximum absolute atomic E-state index is 6.13. The lowest BCUT2D eigenvalue weighted by Gasteiger charge is -2.05. The van der Waals surface area contributed by atoms with Gasteiger partial charge < -0.3 is 4.98 Å². The molecule has 0 aliphatic rings. The van der Waals surface area contributed by atoms with Crippen LogP contribution in [0.5, 0.6) is 0 Å². The van der Waals surface area contributed by atoms with Crippen LogP contribution in [0.4, 0.5) is 0 Å². The van der Waals surface area contributed by atoms with Crippen LogP contribution in [0, 0.1) is 18.6 Å². The van der Waals surface area contributed by atoms with E-state index in [1.54, 1.807) is 0 Å². The Morgan fingerprint density at radius 3 is 2.67 bits per heavy atom. The second-order valence-electron chi connectivity index (χ2n) is 3.57. The molecule has 1 heterocycles. The predicted molar refractivity (Wildman–Crippen MR) is 65.4 cm³/mol. The lowest BCUT2D eigenvalue weighted by Crippen LogP contribution is -1.93. The zero-order valence-electron chi connectivity index (χ0n) is 8.54. The minimum atomic E-state index is 0.667. The molecule has 2 aromatic rings. The molecule has 0 saturated heterocycles. The second-order valence-corrected chi connectivity index (χ2v) is 4.36. The van der Waals surface area contributed by atoms with Crippen molar-refractivity contribution in [2.75, 3.05) is 0 Å². The lowest BCUT2D eigenvalue weighted by atomic mass is 10.2. The van der Waals surface area contributed by atoms with E-state index in [0.717, 1.165) is 16.9 Å². The van der Waals surface area contributed by atoms with Crippen LogP contribution in [0.3, 0.4) is 0 Å². The van der Waals surface area contributed by atoms with E-state index < -0.39 is 0 Å². The number of H-pyrrole nitrogens is 1. The summed E-state index contributed by atoms with van der Waals surface area (Å²) in [4.78, 5) is 3.07. The molecule has 15 heavy (non-hydrogen) atoms. The Morgan fingerprint density at radius 1 is 1.33 bits per heavy atom. The van der Waals surface area contributed by atoms with Crippen molar-refractivity contribution in [1.29, 1.82) is 0 Å². The third kappa shape index (κ3) is 1.98. The second kappa shape index (κ2) is 3.83. The van der Waals surface area contributed by atoms with Crippen molar-refractivity contribution in [3.05, 3.63) is 45.4 Å². The molecule has 1 aromatic carbocycles. The summed E-state index contributed by atoms with van der Waals surface area (Å²) in [6.07, 6.45) is 1.95. The number of aryl methyl sites for hydroxylation is 2. The number of hydrogen-bond donors (Lipinski definition) is 1. The van der Waals surface area contributed by atoms with Crippen molar-refractivity contribution in [3.63, 3.8) is 0 Å². The van der Waals surface area contributed by atoms with E-state index >= 15 is 0 Å². The van der Waals surface area contributed by atoms with Crippen molar-refractivity contribution in [2.24, 2.45) is 0 Å². The van der Waals surface area contributed by atoms with Crippen molar-refractivity contribution >= 4 is 23.8 Å². The number of benzene rings is 1. The molecule has 78 valence electrons. The van der Waals surface area contributed by atoms with Crippen LogP contribution in [-0.2, 0) is 0 Å². The summed E-state index contributed by atoms with van der Waals surface area (Å²) in [5, 5.41) is 0.704. The average Bonchev–Trinajstić information content (AvgIpc) is 2.50. The van der Waals surface area contributed by atoms with E-state index in [1.807, 2.05) is 42.8 Å². The van der Waals surface area contributed by atoms with Crippen molar-refractivity contribution < 1.29 is 0 Å². The molecular formula is C11H11ClN2S. The molecule has 1 N–H and O–H groups in total. The molecule has 0 saturated carbocycles. The Hall–Kier alpha value is -1.06. The molecule has 0 aliphatic carbocycles. The smallest absolute Gasteiger partial charge is 0.182 e. The normalized spacial score (nSPS) is 10.6. The lowest BCUT2D eigenvalue weighted by molar-refractivity contribution is 1.03. The highest BCUT2D eigenvalue weighted by Gasteiger charge is 2.04. The first kappa shape index (κ1) is 10.5. The molecule has 2 nitrogen and oxygen atoms in total. The number of aromatic nitrogens is 2. The Kier molecular flexibility index (Phi) is 2.67. The van der Waals surface area contributed by atoms with Crippen LogP contribution in [0.15, 0.2) is 24.4 Å². The molecule has 0 aliphatic heterocycles. The van der Waals surface area contributed by atoms with Gasteiger partial charge in [0, 0.05) is 11.9 Å². The van der Waals surface area contributed by atoms with Crippen LogP contribution in [0.1, 0.15) is 11.3 Å². The Labute approximate surface area is 98.5 Å². The van der Waals surface area contributed by atoms with E-state index in [1.165, 1.54) is 0 Å². The zero-order chi connectivity index (χ0) is 11.0. The van der Waals surface area contributed by atoms with Crippen LogP contribution in [-0.4, -0.2) is 9.55 Å². The SMILES string of the molecule is Cc1ccc(Cl)c(-n2cc(C)[nH]c2=S)c1. The highest BCUT2D eigenvalue weighted by atomic mass is 35.5. The zero-order valence-corrected chi connectivity index (χ0v) is 10.1. The molecular weight excluding hydrogens is 228 g/mol. The standard InChI is InChI=1S/C11H11ClN2S/c1-7-3-4-9(12)10(5-7)14-6-8(2)13-11(14)15/h3-6H,1-2H3,(H,13,15). The van der Waals surface area contributed by atoms with Crippen molar-refractivity contribution in [1.82, 2.24) is 9.55 Å². The molecule has 0 fully saturated rings. The number of rotatable bonds is 1. The number of nitrogens with one attached hydrogen (secondary N) is 1. The van der Waals surface area contributed by atoms with Crippen LogP contribution in [0.2, 0.25) is 5.02 Å². The van der Waals surface area contributed by atoms with Gasteiger partial charge in [-0.15, -0.1) is 0 Å². The van der Waals surface area contributed by atoms with Gasteiger partial charge in [0.25, 0.3) is 0 Å². The number of halogens is 1. The molecule has 0 unspecified atom stereocenters. The molecule has 0 radical (unpaired) electrons. The van der Waals surface area contributed by atoms with Crippen molar-refractivity contribution in [3.8, 4) is 5.69 Å². The third-order valence-corrected chi connectivity index (χ3v) is 2.83. The van der Waals surface area contributed by atoms with Gasteiger partial charge in [0.05, 0.1) is 10.7 Å². The Bertz CT molecular complexity index is 554.